The summed E-state index contributed by atoms with van der Waals surface area (Å²) >= 11 is 0. The predicted octanol–water partition coefficient (Wildman–Crippen LogP) is 6.13. The minimum absolute atomic E-state index is 0.208. The summed E-state index contributed by atoms with van der Waals surface area (Å²) in [6.07, 6.45) is -6.93. The lowest BCUT2D eigenvalue weighted by molar-refractivity contribution is -0.275. The van der Waals surface area contributed by atoms with Crippen LogP contribution in [0.2, 0.25) is 0 Å². The van der Waals surface area contributed by atoms with Crippen molar-refractivity contribution in [1.29, 1.82) is 0 Å². The molecule has 1 N–H and O–H groups in total. The Bertz CT molecular complexity index is 1800. The topological polar surface area (TPSA) is 118 Å². The Kier molecular flexibility index (Phi) is 10.2. The first kappa shape index (κ1) is 32.2. The fourth-order valence-corrected chi connectivity index (χ4v) is 5.31. The fourth-order valence-electron chi connectivity index (χ4n) is 5.31. The number of aliphatic hydroxyl groups is 1. The maximum atomic E-state index is 13.5. The Balaban J connectivity index is 1.36. The van der Waals surface area contributed by atoms with Gasteiger partial charge in [-0.25, -0.2) is 14.4 Å². The molecule has 0 unspecified atom stereocenters. The van der Waals surface area contributed by atoms with Crippen LogP contribution in [0, 0.1) is 0 Å². The van der Waals surface area contributed by atoms with Crippen molar-refractivity contribution in [1.82, 2.24) is 0 Å². The molecule has 0 bridgehead atoms. The summed E-state index contributed by atoms with van der Waals surface area (Å²) in [6, 6.07) is 41.6. The third-order valence-corrected chi connectivity index (χ3v) is 7.74. The highest BCUT2D eigenvalue weighted by Crippen LogP contribution is 2.33. The first-order valence-corrected chi connectivity index (χ1v) is 15.4. The molecule has 1 fully saturated rings. The molecule has 1 aliphatic heterocycles. The van der Waals surface area contributed by atoms with E-state index in [9.17, 15) is 19.5 Å². The lowest BCUT2D eigenvalue weighted by atomic mass is 9.97. The van der Waals surface area contributed by atoms with Gasteiger partial charge in [0.1, 0.15) is 11.9 Å². The van der Waals surface area contributed by atoms with E-state index in [1.807, 2.05) is 42.5 Å². The van der Waals surface area contributed by atoms with Gasteiger partial charge in [0.15, 0.2) is 12.2 Å². The lowest BCUT2D eigenvalue weighted by Crippen LogP contribution is -2.63. The van der Waals surface area contributed by atoms with E-state index >= 15 is 0 Å². The van der Waals surface area contributed by atoms with Gasteiger partial charge < -0.3 is 28.8 Å². The van der Waals surface area contributed by atoms with E-state index < -0.39 is 55.2 Å². The zero-order valence-corrected chi connectivity index (χ0v) is 25.7. The van der Waals surface area contributed by atoms with Crippen LogP contribution in [0.1, 0.15) is 31.1 Å². The van der Waals surface area contributed by atoms with Gasteiger partial charge >= 0.3 is 17.9 Å². The molecule has 0 spiro atoms. The lowest BCUT2D eigenvalue weighted by Gasteiger charge is -2.44. The van der Waals surface area contributed by atoms with Crippen LogP contribution in [-0.4, -0.2) is 60.3 Å². The summed E-state index contributed by atoms with van der Waals surface area (Å²) in [5.74, 6) is -1.93. The van der Waals surface area contributed by atoms with Crippen LogP contribution in [0.3, 0.4) is 0 Å². The molecule has 6 rings (SSSR count). The number of aliphatic hydroxyl groups excluding tert-OH is 1. The quantitative estimate of drug-likeness (QED) is 0.142. The number of carbonyl (C=O) groups excluding carboxylic acids is 3. The Morgan fingerprint density at radius 2 is 0.896 bits per heavy atom. The Morgan fingerprint density at radius 1 is 0.500 bits per heavy atom. The minimum Gasteiger partial charge on any atom is -0.461 e. The SMILES string of the molecule is O=C(O[C@@H]1[C@H](OC(=O)c2ccccc2)[C@@H](Oc2ccc(-c3ccccc3)cc2)O[C@H](CO)[C@H]1OC(=O)c1ccccc1)c1ccccc1. The van der Waals surface area contributed by atoms with Gasteiger partial charge in [-0.1, -0.05) is 97.1 Å². The second kappa shape index (κ2) is 15.2. The molecule has 0 aliphatic carbocycles. The number of hydrogen-bond acceptors (Lipinski definition) is 9. The molecule has 1 heterocycles. The highest BCUT2D eigenvalue weighted by atomic mass is 16.7. The monoisotopic (exact) mass is 644 g/mol. The standard InChI is InChI=1S/C39H32O9/c40-25-32-33(46-36(41)28-15-7-2-8-16-28)34(47-37(42)29-17-9-3-10-18-29)35(48-38(43)30-19-11-4-12-20-30)39(45-32)44-31-23-21-27(22-24-31)26-13-5-1-6-14-26/h1-24,32-35,39-40H,25H2/t32-,33-,34+,35+,39+/m1/s1. The number of benzene rings is 5. The van der Waals surface area contributed by atoms with E-state index in [0.29, 0.717) is 5.75 Å². The third kappa shape index (κ3) is 7.60. The highest BCUT2D eigenvalue weighted by molar-refractivity contribution is 5.91. The molecule has 1 saturated heterocycles. The van der Waals surface area contributed by atoms with E-state index in [0.717, 1.165) is 11.1 Å². The highest BCUT2D eigenvalue weighted by Gasteiger charge is 2.53. The van der Waals surface area contributed by atoms with Crippen molar-refractivity contribution < 1.29 is 43.2 Å². The van der Waals surface area contributed by atoms with Crippen molar-refractivity contribution in [3.05, 3.63) is 162 Å². The number of hydrogen-bond donors (Lipinski definition) is 1. The summed E-state index contributed by atoms with van der Waals surface area (Å²) in [6.45, 7) is -0.641. The van der Waals surface area contributed by atoms with Gasteiger partial charge in [-0.05, 0) is 59.7 Å². The molecular weight excluding hydrogens is 612 g/mol. The number of carbonyl (C=O) groups is 3. The normalized spacial score (nSPS) is 20.2. The van der Waals surface area contributed by atoms with Crippen molar-refractivity contribution >= 4 is 17.9 Å². The molecule has 0 radical (unpaired) electrons. The molecular formula is C39H32O9. The van der Waals surface area contributed by atoms with Crippen LogP contribution >= 0.6 is 0 Å². The first-order valence-electron chi connectivity index (χ1n) is 15.4. The van der Waals surface area contributed by atoms with Crippen molar-refractivity contribution in [3.8, 4) is 16.9 Å². The Hall–Kier alpha value is -5.77. The van der Waals surface area contributed by atoms with Gasteiger partial charge in [0.05, 0.1) is 23.3 Å². The van der Waals surface area contributed by atoms with Gasteiger partial charge in [0.2, 0.25) is 12.4 Å². The summed E-state index contributed by atoms with van der Waals surface area (Å²) in [7, 11) is 0. The van der Waals surface area contributed by atoms with Crippen molar-refractivity contribution in [2.75, 3.05) is 6.61 Å². The molecule has 5 aromatic rings. The minimum atomic E-state index is -1.46. The molecule has 0 aromatic heterocycles. The molecule has 1 aliphatic rings. The van der Waals surface area contributed by atoms with Gasteiger partial charge in [-0.3, -0.25) is 0 Å². The summed E-state index contributed by atoms with van der Waals surface area (Å²) in [4.78, 5) is 40.3. The molecule has 242 valence electrons. The predicted molar refractivity (Wildman–Crippen MR) is 175 cm³/mol. The smallest absolute Gasteiger partial charge is 0.338 e. The summed E-state index contributed by atoms with van der Waals surface area (Å²) < 4.78 is 30.2. The third-order valence-electron chi connectivity index (χ3n) is 7.74. The maximum Gasteiger partial charge on any atom is 0.338 e. The fraction of sp³-hybridized carbons (Fsp3) is 0.154. The van der Waals surface area contributed by atoms with Crippen LogP contribution in [0.15, 0.2) is 146 Å². The second-order valence-corrected chi connectivity index (χ2v) is 10.9. The van der Waals surface area contributed by atoms with Crippen LogP contribution < -0.4 is 4.74 Å². The summed E-state index contributed by atoms with van der Waals surface area (Å²) in [5.41, 5.74) is 2.59. The van der Waals surface area contributed by atoms with E-state index in [-0.39, 0.29) is 16.7 Å². The zero-order valence-electron chi connectivity index (χ0n) is 25.7. The summed E-state index contributed by atoms with van der Waals surface area (Å²) in [5, 5.41) is 10.5. The van der Waals surface area contributed by atoms with Crippen molar-refractivity contribution in [2.24, 2.45) is 0 Å². The molecule has 48 heavy (non-hydrogen) atoms. The second-order valence-electron chi connectivity index (χ2n) is 10.9. The molecule has 5 aromatic carbocycles. The molecule has 0 saturated carbocycles. The van der Waals surface area contributed by atoms with Crippen LogP contribution in [0.4, 0.5) is 0 Å². The van der Waals surface area contributed by atoms with Crippen molar-refractivity contribution in [2.45, 2.75) is 30.7 Å². The van der Waals surface area contributed by atoms with Crippen LogP contribution in [0.25, 0.3) is 11.1 Å². The largest absolute Gasteiger partial charge is 0.461 e. The number of ether oxygens (including phenoxy) is 5. The van der Waals surface area contributed by atoms with E-state index in [4.69, 9.17) is 23.7 Å². The molecule has 5 atom stereocenters. The van der Waals surface area contributed by atoms with Gasteiger partial charge in [-0.2, -0.15) is 0 Å². The van der Waals surface area contributed by atoms with E-state index in [2.05, 4.69) is 0 Å². The average molecular weight is 645 g/mol. The van der Waals surface area contributed by atoms with Gasteiger partial charge in [0.25, 0.3) is 0 Å². The molecule has 9 nitrogen and oxygen atoms in total. The Morgan fingerprint density at radius 3 is 1.35 bits per heavy atom. The van der Waals surface area contributed by atoms with Crippen molar-refractivity contribution in [3.63, 3.8) is 0 Å². The first-order chi connectivity index (χ1) is 23.5. The number of rotatable bonds is 10. The van der Waals surface area contributed by atoms with E-state index in [1.54, 1.807) is 103 Å². The Labute approximate surface area is 277 Å². The molecule has 9 heteroatoms. The zero-order chi connectivity index (χ0) is 33.3. The maximum absolute atomic E-state index is 13.5. The van der Waals surface area contributed by atoms with E-state index in [1.165, 1.54) is 0 Å². The average Bonchev–Trinajstić information content (AvgIpc) is 3.15. The number of esters is 3. The van der Waals surface area contributed by atoms with Crippen LogP contribution in [-0.2, 0) is 18.9 Å². The van der Waals surface area contributed by atoms with Gasteiger partial charge in [0, 0.05) is 0 Å². The van der Waals surface area contributed by atoms with Gasteiger partial charge in [-0.15, -0.1) is 0 Å². The molecule has 0 amide bonds. The van der Waals surface area contributed by atoms with Crippen LogP contribution in [0.5, 0.6) is 5.75 Å².